The molecule has 0 aliphatic carbocycles. The number of halogens is 1. The standard InChI is InChI=1S/C24H21FN4O4S.Na.H/c1-2-12-33-21-9-5-8-18(25)23(21)19-11-10-15(14-27-19)28-29-20-13-22(34(30,31)32)16-6-3-4-7-17(16)24(20)26;;/h3-11,13-14H,2,12,26H2,1H3,(H,30,31,32);;/q;+1;-1. The van der Waals surface area contributed by atoms with Gasteiger partial charge in [0, 0.05) is 10.8 Å². The van der Waals surface area contributed by atoms with Gasteiger partial charge >= 0.3 is 29.6 Å². The Kier molecular flexibility index (Phi) is 8.57. The van der Waals surface area contributed by atoms with E-state index in [-0.39, 0.29) is 58.2 Å². The molecule has 35 heavy (non-hydrogen) atoms. The Balaban J connectivity index is 0.00000228. The number of nitrogen functional groups attached to an aromatic ring is 1. The number of azo groups is 1. The van der Waals surface area contributed by atoms with Crippen molar-refractivity contribution in [1.29, 1.82) is 0 Å². The summed E-state index contributed by atoms with van der Waals surface area (Å²) in [5, 5.41) is 8.83. The quantitative estimate of drug-likeness (QED) is 0.172. The smallest absolute Gasteiger partial charge is 1.00 e. The summed E-state index contributed by atoms with van der Waals surface area (Å²) >= 11 is 0. The third-order valence-corrected chi connectivity index (χ3v) is 5.91. The number of hydrogen-bond donors (Lipinski definition) is 2. The largest absolute Gasteiger partial charge is 1.00 e. The van der Waals surface area contributed by atoms with E-state index < -0.39 is 15.9 Å². The van der Waals surface area contributed by atoms with Crippen molar-refractivity contribution in [3.63, 3.8) is 0 Å². The van der Waals surface area contributed by atoms with Gasteiger partial charge in [-0.1, -0.05) is 37.3 Å². The van der Waals surface area contributed by atoms with Crippen molar-refractivity contribution in [2.45, 2.75) is 18.2 Å². The van der Waals surface area contributed by atoms with E-state index in [0.29, 0.717) is 29.1 Å². The summed E-state index contributed by atoms with van der Waals surface area (Å²) in [5.41, 5.74) is 7.39. The van der Waals surface area contributed by atoms with Crippen molar-refractivity contribution in [2.24, 2.45) is 10.2 Å². The Bertz CT molecular complexity index is 1500. The van der Waals surface area contributed by atoms with Crippen LogP contribution in [-0.4, -0.2) is 24.6 Å². The predicted octanol–water partition coefficient (Wildman–Crippen LogP) is 3.19. The van der Waals surface area contributed by atoms with Crippen molar-refractivity contribution in [3.05, 3.63) is 72.7 Å². The SMILES string of the molecule is CCCOc1cccc(F)c1-c1ccc(N=Nc2cc(S(=O)(=O)O)c3ccccc3c2N)cn1.[H-].[Na+]. The van der Waals surface area contributed by atoms with E-state index in [4.69, 9.17) is 10.5 Å². The normalized spacial score (nSPS) is 11.5. The first-order chi connectivity index (χ1) is 16.3. The van der Waals surface area contributed by atoms with Gasteiger partial charge in [0.25, 0.3) is 10.1 Å². The number of fused-ring (bicyclic) bond motifs is 1. The van der Waals surface area contributed by atoms with Gasteiger partial charge < -0.3 is 11.9 Å². The minimum atomic E-state index is -4.52. The van der Waals surface area contributed by atoms with Gasteiger partial charge in [0.05, 0.1) is 29.7 Å². The van der Waals surface area contributed by atoms with Crippen LogP contribution in [0.2, 0.25) is 0 Å². The first-order valence-electron chi connectivity index (χ1n) is 10.4. The van der Waals surface area contributed by atoms with Crippen molar-refractivity contribution >= 4 is 38.0 Å². The zero-order valence-corrected chi connectivity index (χ0v) is 22.0. The van der Waals surface area contributed by atoms with Gasteiger partial charge in [0.15, 0.2) is 0 Å². The monoisotopic (exact) mass is 504 g/mol. The molecule has 0 bridgehead atoms. The molecule has 0 amide bonds. The molecule has 0 aliphatic rings. The van der Waals surface area contributed by atoms with Crippen LogP contribution >= 0.6 is 0 Å². The van der Waals surface area contributed by atoms with Gasteiger partial charge in [-0.3, -0.25) is 9.54 Å². The van der Waals surface area contributed by atoms with E-state index in [1.54, 1.807) is 48.5 Å². The molecule has 0 radical (unpaired) electrons. The molecule has 0 aliphatic heterocycles. The Morgan fingerprint density at radius 3 is 2.49 bits per heavy atom. The fourth-order valence-corrected chi connectivity index (χ4v) is 4.15. The summed E-state index contributed by atoms with van der Waals surface area (Å²) in [6.07, 6.45) is 2.18. The fraction of sp³-hybridized carbons (Fsp3) is 0.125. The second kappa shape index (κ2) is 11.2. The molecular weight excluding hydrogens is 482 g/mol. The minimum absolute atomic E-state index is 0. The molecule has 1 heterocycles. The van der Waals surface area contributed by atoms with Crippen LogP contribution in [0.25, 0.3) is 22.0 Å². The molecule has 3 N–H and O–H groups in total. The molecule has 1 aromatic heterocycles. The van der Waals surface area contributed by atoms with Crippen molar-refractivity contribution < 1.29 is 53.1 Å². The molecule has 3 aromatic carbocycles. The molecular formula is C24H22FN4NaO4S. The van der Waals surface area contributed by atoms with Gasteiger partial charge in [-0.2, -0.15) is 8.42 Å². The Morgan fingerprint density at radius 2 is 1.83 bits per heavy atom. The van der Waals surface area contributed by atoms with E-state index in [9.17, 15) is 17.4 Å². The third-order valence-electron chi connectivity index (χ3n) is 5.02. The molecule has 4 aromatic rings. The number of aromatic nitrogens is 1. The van der Waals surface area contributed by atoms with Gasteiger partial charge in [-0.25, -0.2) is 4.39 Å². The first kappa shape index (κ1) is 26.7. The molecule has 11 heteroatoms. The van der Waals surface area contributed by atoms with Crippen LogP contribution in [0.3, 0.4) is 0 Å². The summed E-state index contributed by atoms with van der Waals surface area (Å²) in [4.78, 5) is 3.96. The fourth-order valence-electron chi connectivity index (χ4n) is 3.44. The summed E-state index contributed by atoms with van der Waals surface area (Å²) in [6, 6.07) is 15.4. The van der Waals surface area contributed by atoms with Gasteiger partial charge in [0.1, 0.15) is 27.8 Å². The minimum Gasteiger partial charge on any atom is -1.00 e. The van der Waals surface area contributed by atoms with Crippen molar-refractivity contribution in [3.8, 4) is 17.0 Å². The summed E-state index contributed by atoms with van der Waals surface area (Å²) < 4.78 is 53.5. The topological polar surface area (TPSA) is 127 Å². The average Bonchev–Trinajstić information content (AvgIpc) is 2.82. The van der Waals surface area contributed by atoms with E-state index in [2.05, 4.69) is 15.2 Å². The predicted molar refractivity (Wildman–Crippen MR) is 129 cm³/mol. The zero-order valence-electron chi connectivity index (χ0n) is 20.1. The van der Waals surface area contributed by atoms with Crippen LogP contribution in [0.5, 0.6) is 5.75 Å². The van der Waals surface area contributed by atoms with Crippen LogP contribution in [0, 0.1) is 5.82 Å². The zero-order chi connectivity index (χ0) is 24.3. The number of anilines is 1. The summed E-state index contributed by atoms with van der Waals surface area (Å²) in [7, 11) is -4.52. The maximum Gasteiger partial charge on any atom is 1.00 e. The Labute approximate surface area is 225 Å². The molecule has 0 unspecified atom stereocenters. The van der Waals surface area contributed by atoms with E-state index in [0.717, 1.165) is 12.5 Å². The molecule has 0 saturated heterocycles. The molecule has 0 atom stereocenters. The molecule has 0 spiro atoms. The van der Waals surface area contributed by atoms with E-state index in [1.165, 1.54) is 12.3 Å². The van der Waals surface area contributed by atoms with E-state index >= 15 is 0 Å². The van der Waals surface area contributed by atoms with Crippen LogP contribution in [0.15, 0.2) is 82.0 Å². The van der Waals surface area contributed by atoms with Gasteiger partial charge in [-0.05, 0) is 36.8 Å². The molecule has 8 nitrogen and oxygen atoms in total. The number of nitrogens with two attached hydrogens (primary N) is 1. The summed E-state index contributed by atoms with van der Waals surface area (Å²) in [5.74, 6) is -0.0671. The number of ether oxygens (including phenoxy) is 1. The first-order valence-corrected chi connectivity index (χ1v) is 11.8. The van der Waals surface area contributed by atoms with Crippen molar-refractivity contribution in [2.75, 3.05) is 12.3 Å². The number of rotatable bonds is 7. The van der Waals surface area contributed by atoms with Gasteiger partial charge in [0.2, 0.25) is 0 Å². The molecule has 4 rings (SSSR count). The Morgan fingerprint density at radius 1 is 1.09 bits per heavy atom. The van der Waals surface area contributed by atoms with Crippen LogP contribution in [0.1, 0.15) is 14.8 Å². The van der Waals surface area contributed by atoms with E-state index in [1.807, 2.05) is 6.92 Å². The maximum absolute atomic E-state index is 14.5. The average molecular weight is 505 g/mol. The van der Waals surface area contributed by atoms with Crippen LogP contribution in [-0.2, 0) is 10.1 Å². The number of pyridine rings is 1. The van der Waals surface area contributed by atoms with Gasteiger partial charge in [-0.15, -0.1) is 10.2 Å². The number of hydrogen-bond acceptors (Lipinski definition) is 7. The van der Waals surface area contributed by atoms with Crippen LogP contribution < -0.4 is 40.0 Å². The Hall–Kier alpha value is -2.89. The third kappa shape index (κ3) is 5.85. The number of benzene rings is 3. The second-order valence-corrected chi connectivity index (χ2v) is 8.78. The molecule has 0 fully saturated rings. The molecule has 176 valence electrons. The molecule has 0 saturated carbocycles. The number of nitrogens with zero attached hydrogens (tertiary/aromatic N) is 3. The second-order valence-electron chi connectivity index (χ2n) is 7.39. The maximum atomic E-state index is 14.5. The van der Waals surface area contributed by atoms with Crippen LogP contribution in [0.4, 0.5) is 21.5 Å². The van der Waals surface area contributed by atoms with Crippen molar-refractivity contribution in [1.82, 2.24) is 4.98 Å². The summed E-state index contributed by atoms with van der Waals surface area (Å²) in [6.45, 7) is 2.40.